The second-order valence-corrected chi connectivity index (χ2v) is 10.3. The summed E-state index contributed by atoms with van der Waals surface area (Å²) >= 11 is 0. The molecule has 1 aromatic carbocycles. The van der Waals surface area contributed by atoms with E-state index in [9.17, 15) is 35.2 Å². The number of hydrogen-bond donors (Lipinski definition) is 1. The fraction of sp³-hybridized carbons (Fsp3) is 0.292. The number of nitrogens with zero attached hydrogens (tertiary/aromatic N) is 3. The number of carbonyl (C=O) groups excluding carboxylic acids is 1. The van der Waals surface area contributed by atoms with Crippen LogP contribution in [0.2, 0.25) is 0 Å². The molecular formula is C24H21F5N4O4S. The van der Waals surface area contributed by atoms with Gasteiger partial charge in [0.15, 0.2) is 0 Å². The van der Waals surface area contributed by atoms with Crippen LogP contribution in [-0.2, 0) is 27.5 Å². The first-order valence-corrected chi connectivity index (χ1v) is 12.6. The molecule has 0 saturated carbocycles. The van der Waals surface area contributed by atoms with Gasteiger partial charge in [0.25, 0.3) is 0 Å². The first kappa shape index (κ1) is 27.4. The van der Waals surface area contributed by atoms with Crippen LogP contribution in [-0.4, -0.2) is 54.5 Å². The van der Waals surface area contributed by atoms with Crippen LogP contribution in [0, 0.1) is 5.82 Å². The summed E-state index contributed by atoms with van der Waals surface area (Å²) in [5.74, 6) is -1.32. The highest BCUT2D eigenvalue weighted by Crippen LogP contribution is 2.31. The molecule has 2 aromatic heterocycles. The fourth-order valence-electron chi connectivity index (χ4n) is 3.95. The van der Waals surface area contributed by atoms with E-state index >= 15 is 0 Å². The van der Waals surface area contributed by atoms with Gasteiger partial charge in [-0.15, -0.1) is 0 Å². The van der Waals surface area contributed by atoms with Crippen LogP contribution >= 0.6 is 0 Å². The van der Waals surface area contributed by atoms with E-state index in [0.717, 1.165) is 40.8 Å². The van der Waals surface area contributed by atoms with Crippen molar-refractivity contribution in [3.63, 3.8) is 0 Å². The quantitative estimate of drug-likeness (QED) is 0.445. The van der Waals surface area contributed by atoms with Crippen molar-refractivity contribution in [2.75, 3.05) is 13.7 Å². The molecule has 8 nitrogen and oxygen atoms in total. The summed E-state index contributed by atoms with van der Waals surface area (Å²) in [5, 5.41) is 2.53. The molecule has 1 amide bonds. The standard InChI is InChI=1S/C24H21F5N4O4S/c1-37-22-9-15(14-2-7-21(30-11-14)24(27,28)29)8-18(32-22)12-31-23(34)20-10-17(26)13-33(20)38(35,36)19-5-3-16(25)4-6-19/h2-9,11,17,20H,10,12-13H2,1H3,(H,31,34). The number of halogens is 5. The number of benzene rings is 1. The Kier molecular flexibility index (Phi) is 7.65. The lowest BCUT2D eigenvalue weighted by Crippen LogP contribution is -2.45. The van der Waals surface area contributed by atoms with Crippen molar-refractivity contribution in [3.05, 3.63) is 71.9 Å². The number of nitrogens with one attached hydrogen (secondary N) is 1. The van der Waals surface area contributed by atoms with E-state index in [0.29, 0.717) is 11.1 Å². The number of pyridine rings is 2. The Bertz CT molecular complexity index is 1420. The van der Waals surface area contributed by atoms with Gasteiger partial charge in [0.05, 0.1) is 24.2 Å². The van der Waals surface area contributed by atoms with Crippen molar-refractivity contribution in [2.24, 2.45) is 0 Å². The van der Waals surface area contributed by atoms with Crippen molar-refractivity contribution < 1.29 is 39.9 Å². The summed E-state index contributed by atoms with van der Waals surface area (Å²) in [5.41, 5.74) is -0.0700. The number of ether oxygens (including phenoxy) is 1. The highest BCUT2D eigenvalue weighted by atomic mass is 32.2. The highest BCUT2D eigenvalue weighted by Gasteiger charge is 2.44. The van der Waals surface area contributed by atoms with Crippen molar-refractivity contribution >= 4 is 15.9 Å². The molecule has 0 aliphatic carbocycles. The van der Waals surface area contributed by atoms with Gasteiger partial charge in [0, 0.05) is 30.8 Å². The van der Waals surface area contributed by atoms with Gasteiger partial charge in [0.1, 0.15) is 23.7 Å². The van der Waals surface area contributed by atoms with Crippen LogP contribution in [0.3, 0.4) is 0 Å². The molecule has 1 saturated heterocycles. The lowest BCUT2D eigenvalue weighted by atomic mass is 10.1. The second kappa shape index (κ2) is 10.6. The fourth-order valence-corrected chi connectivity index (χ4v) is 5.58. The Labute approximate surface area is 214 Å². The Morgan fingerprint density at radius 3 is 2.45 bits per heavy atom. The summed E-state index contributed by atoms with van der Waals surface area (Å²) in [4.78, 5) is 20.3. The molecule has 2 unspecified atom stereocenters. The van der Waals surface area contributed by atoms with Crippen LogP contribution in [0.4, 0.5) is 22.0 Å². The largest absolute Gasteiger partial charge is 0.481 e. The Morgan fingerprint density at radius 2 is 1.84 bits per heavy atom. The smallest absolute Gasteiger partial charge is 0.433 e. The number of rotatable bonds is 7. The van der Waals surface area contributed by atoms with E-state index in [1.807, 2.05) is 0 Å². The van der Waals surface area contributed by atoms with E-state index in [1.54, 1.807) is 0 Å². The van der Waals surface area contributed by atoms with Gasteiger partial charge in [-0.05, 0) is 42.0 Å². The number of carbonyl (C=O) groups is 1. The second-order valence-electron chi connectivity index (χ2n) is 8.41. The van der Waals surface area contributed by atoms with Crippen LogP contribution in [0.1, 0.15) is 17.8 Å². The highest BCUT2D eigenvalue weighted by molar-refractivity contribution is 7.89. The lowest BCUT2D eigenvalue weighted by Gasteiger charge is -2.23. The van der Waals surface area contributed by atoms with Gasteiger partial charge >= 0.3 is 6.18 Å². The van der Waals surface area contributed by atoms with E-state index in [2.05, 4.69) is 15.3 Å². The first-order chi connectivity index (χ1) is 17.9. The van der Waals surface area contributed by atoms with Gasteiger partial charge in [-0.25, -0.2) is 22.2 Å². The minimum atomic E-state index is -4.60. The number of aromatic nitrogens is 2. The number of alkyl halides is 4. The maximum atomic E-state index is 14.2. The summed E-state index contributed by atoms with van der Waals surface area (Å²) < 4.78 is 97.9. The summed E-state index contributed by atoms with van der Waals surface area (Å²) in [6.07, 6.45) is -5.52. The van der Waals surface area contributed by atoms with E-state index in [1.165, 1.54) is 25.3 Å². The molecule has 3 aromatic rings. The van der Waals surface area contributed by atoms with Gasteiger partial charge < -0.3 is 10.1 Å². The van der Waals surface area contributed by atoms with Crippen LogP contribution < -0.4 is 10.1 Å². The zero-order valence-electron chi connectivity index (χ0n) is 19.7. The van der Waals surface area contributed by atoms with Gasteiger partial charge in [0.2, 0.25) is 21.8 Å². The molecule has 1 N–H and O–H groups in total. The molecule has 1 fully saturated rings. The maximum Gasteiger partial charge on any atom is 0.433 e. The molecule has 0 spiro atoms. The molecule has 2 atom stereocenters. The molecule has 1 aliphatic heterocycles. The maximum absolute atomic E-state index is 14.2. The zero-order chi connectivity index (χ0) is 27.7. The van der Waals surface area contributed by atoms with Crippen molar-refractivity contribution in [1.82, 2.24) is 19.6 Å². The molecule has 4 rings (SSSR count). The van der Waals surface area contributed by atoms with Crippen molar-refractivity contribution in [1.29, 1.82) is 0 Å². The van der Waals surface area contributed by atoms with Gasteiger partial charge in [-0.2, -0.15) is 17.5 Å². The Morgan fingerprint density at radius 1 is 1.13 bits per heavy atom. The third kappa shape index (κ3) is 5.91. The predicted octanol–water partition coefficient (Wildman–Crippen LogP) is 3.73. The SMILES string of the molecule is COc1cc(-c2ccc(C(F)(F)F)nc2)cc(CNC(=O)C2CC(F)CN2S(=O)(=O)c2ccc(F)cc2)n1. The molecule has 38 heavy (non-hydrogen) atoms. The first-order valence-electron chi connectivity index (χ1n) is 11.2. The molecule has 0 bridgehead atoms. The van der Waals surface area contributed by atoms with Crippen LogP contribution in [0.5, 0.6) is 5.88 Å². The molecule has 1 aliphatic rings. The Balaban J connectivity index is 1.52. The summed E-state index contributed by atoms with van der Waals surface area (Å²) in [6.45, 7) is -0.755. The monoisotopic (exact) mass is 556 g/mol. The normalized spacial score (nSPS) is 18.4. The number of sulfonamides is 1. The van der Waals surface area contributed by atoms with Crippen LogP contribution in [0.15, 0.2) is 59.6 Å². The lowest BCUT2D eigenvalue weighted by molar-refractivity contribution is -0.141. The third-order valence-electron chi connectivity index (χ3n) is 5.82. The average Bonchev–Trinajstić information content (AvgIpc) is 3.29. The van der Waals surface area contributed by atoms with E-state index in [-0.39, 0.29) is 29.4 Å². The van der Waals surface area contributed by atoms with Gasteiger partial charge in [-0.1, -0.05) is 6.07 Å². The van der Waals surface area contributed by atoms with Crippen molar-refractivity contribution in [2.45, 2.75) is 36.3 Å². The summed E-state index contributed by atoms with van der Waals surface area (Å²) in [6, 6.07) is 7.62. The summed E-state index contributed by atoms with van der Waals surface area (Å²) in [7, 11) is -2.96. The molecule has 202 valence electrons. The van der Waals surface area contributed by atoms with Crippen LogP contribution in [0.25, 0.3) is 11.1 Å². The zero-order valence-corrected chi connectivity index (χ0v) is 20.6. The number of hydrogen-bond acceptors (Lipinski definition) is 6. The number of amides is 1. The number of methoxy groups -OCH3 is 1. The minimum absolute atomic E-state index is 0.108. The third-order valence-corrected chi connectivity index (χ3v) is 7.71. The molecule has 14 heteroatoms. The minimum Gasteiger partial charge on any atom is -0.481 e. The van der Waals surface area contributed by atoms with Gasteiger partial charge in [-0.3, -0.25) is 9.78 Å². The van der Waals surface area contributed by atoms with Crippen molar-refractivity contribution in [3.8, 4) is 17.0 Å². The Hall–Kier alpha value is -3.65. The molecule has 3 heterocycles. The van der Waals surface area contributed by atoms with E-state index in [4.69, 9.17) is 4.74 Å². The predicted molar refractivity (Wildman–Crippen MR) is 124 cm³/mol. The topological polar surface area (TPSA) is 101 Å². The molecular weight excluding hydrogens is 535 g/mol. The molecule has 0 radical (unpaired) electrons. The van der Waals surface area contributed by atoms with E-state index < -0.39 is 52.4 Å². The average molecular weight is 557 g/mol.